The maximum atomic E-state index is 6.04. The van der Waals surface area contributed by atoms with Crippen LogP contribution in [0.15, 0.2) is 72.8 Å². The fourth-order valence-electron chi connectivity index (χ4n) is 4.03. The van der Waals surface area contributed by atoms with Crippen LogP contribution in [0.5, 0.6) is 0 Å². The molecule has 0 radical (unpaired) electrons. The second-order valence-electron chi connectivity index (χ2n) is 7.14. The van der Waals surface area contributed by atoms with E-state index in [4.69, 9.17) is 11.6 Å². The average molecular weight is 335 g/mol. The highest BCUT2D eigenvalue weighted by Gasteiger charge is 2.39. The maximum absolute atomic E-state index is 6.04. The predicted octanol–water partition coefficient (Wildman–Crippen LogP) is 5.69. The highest BCUT2D eigenvalue weighted by molar-refractivity contribution is 6.30. The van der Waals surface area contributed by atoms with E-state index in [0.717, 1.165) is 16.1 Å². The van der Waals surface area contributed by atoms with Gasteiger partial charge >= 0.3 is 0 Å². The molecule has 0 saturated heterocycles. The van der Waals surface area contributed by atoms with E-state index < -0.39 is 0 Å². The van der Waals surface area contributed by atoms with Gasteiger partial charge in [0.1, 0.15) is 12.6 Å². The number of quaternary nitrogens is 1. The first-order valence-electron chi connectivity index (χ1n) is 8.31. The molecule has 0 atom stereocenters. The van der Waals surface area contributed by atoms with Gasteiger partial charge in [-0.05, 0) is 23.3 Å². The highest BCUT2D eigenvalue weighted by atomic mass is 35.5. The van der Waals surface area contributed by atoms with Crippen molar-refractivity contribution in [2.24, 2.45) is 0 Å². The largest absolute Gasteiger partial charge is 0.315 e. The Morgan fingerprint density at radius 1 is 0.750 bits per heavy atom. The summed E-state index contributed by atoms with van der Waals surface area (Å²) < 4.78 is 0.885. The van der Waals surface area contributed by atoms with Gasteiger partial charge in [0.15, 0.2) is 0 Å². The van der Waals surface area contributed by atoms with Gasteiger partial charge in [-0.25, -0.2) is 0 Å². The topological polar surface area (TPSA) is 0 Å². The van der Waals surface area contributed by atoms with Crippen LogP contribution in [0.4, 0.5) is 0 Å². The molecule has 0 spiro atoms. The zero-order valence-corrected chi connectivity index (χ0v) is 14.8. The van der Waals surface area contributed by atoms with E-state index >= 15 is 0 Å². The van der Waals surface area contributed by atoms with Crippen LogP contribution in [0.1, 0.15) is 22.7 Å². The van der Waals surface area contributed by atoms with Crippen molar-refractivity contribution in [2.75, 3.05) is 14.1 Å². The van der Waals surface area contributed by atoms with E-state index in [-0.39, 0.29) is 0 Å². The summed E-state index contributed by atoms with van der Waals surface area (Å²) in [6.45, 7) is 0.963. The van der Waals surface area contributed by atoms with Crippen LogP contribution < -0.4 is 0 Å². The molecule has 24 heavy (non-hydrogen) atoms. The summed E-state index contributed by atoms with van der Waals surface area (Å²) in [7, 11) is 4.64. The Balaban J connectivity index is 1.78. The molecule has 0 aromatic heterocycles. The van der Waals surface area contributed by atoms with Gasteiger partial charge in [-0.15, -0.1) is 0 Å². The lowest BCUT2D eigenvalue weighted by Gasteiger charge is -2.37. The number of benzene rings is 3. The van der Waals surface area contributed by atoms with Crippen LogP contribution >= 0.6 is 11.6 Å². The summed E-state index contributed by atoms with van der Waals surface area (Å²) >= 11 is 6.04. The minimum absolute atomic E-state index is 0.355. The predicted molar refractivity (Wildman–Crippen MR) is 101 cm³/mol. The van der Waals surface area contributed by atoms with Crippen molar-refractivity contribution in [3.63, 3.8) is 0 Å². The molecule has 0 saturated carbocycles. The Labute approximate surface area is 148 Å². The summed E-state index contributed by atoms with van der Waals surface area (Å²) in [5, 5.41) is 0.792. The van der Waals surface area contributed by atoms with Gasteiger partial charge in [-0.2, -0.15) is 0 Å². The molecule has 2 heteroatoms. The fraction of sp³-hybridized carbons (Fsp3) is 0.182. The monoisotopic (exact) mass is 334 g/mol. The SMILES string of the molecule is C[N+](C)(Cc1ccc(Cl)cc1)C1c2ccccc2-c2ccccc21. The quantitative estimate of drug-likeness (QED) is 0.540. The molecule has 4 rings (SSSR count). The second-order valence-corrected chi connectivity index (χ2v) is 7.58. The lowest BCUT2D eigenvalue weighted by atomic mass is 10.0. The standard InChI is InChI=1S/C22H21ClN/c1-24(2,15-16-11-13-17(23)14-12-16)22-20-9-5-3-7-18(20)19-8-4-6-10-21(19)22/h3-14,22H,15H2,1-2H3/q+1. The number of nitrogens with zero attached hydrogens (tertiary/aromatic N) is 1. The molecule has 0 aliphatic heterocycles. The number of rotatable bonds is 3. The summed E-state index contributed by atoms with van der Waals surface area (Å²) in [5.74, 6) is 0. The van der Waals surface area contributed by atoms with E-state index in [9.17, 15) is 0 Å². The van der Waals surface area contributed by atoms with E-state index in [0.29, 0.717) is 6.04 Å². The third-order valence-corrected chi connectivity index (χ3v) is 5.26. The van der Waals surface area contributed by atoms with Gasteiger partial charge in [0.25, 0.3) is 0 Å². The van der Waals surface area contributed by atoms with E-state index in [1.807, 2.05) is 12.1 Å². The Morgan fingerprint density at radius 2 is 1.25 bits per heavy atom. The van der Waals surface area contributed by atoms with Gasteiger partial charge in [0.2, 0.25) is 0 Å². The summed E-state index contributed by atoms with van der Waals surface area (Å²) in [4.78, 5) is 0. The summed E-state index contributed by atoms with van der Waals surface area (Å²) in [6, 6.07) is 26.2. The van der Waals surface area contributed by atoms with E-state index in [1.165, 1.54) is 27.8 Å². The van der Waals surface area contributed by atoms with Crippen molar-refractivity contribution >= 4 is 11.6 Å². The first-order chi connectivity index (χ1) is 11.6. The minimum Gasteiger partial charge on any atom is -0.315 e. The lowest BCUT2D eigenvalue weighted by Crippen LogP contribution is -2.42. The first kappa shape index (κ1) is 15.4. The molecular formula is C22H21ClN+. The molecule has 3 aromatic rings. The molecule has 0 amide bonds. The van der Waals surface area contributed by atoms with E-state index in [1.54, 1.807) is 0 Å². The third-order valence-electron chi connectivity index (χ3n) is 5.00. The van der Waals surface area contributed by atoms with Crippen molar-refractivity contribution < 1.29 is 4.48 Å². The minimum atomic E-state index is 0.355. The fourth-order valence-corrected chi connectivity index (χ4v) is 4.16. The first-order valence-corrected chi connectivity index (χ1v) is 8.69. The van der Waals surface area contributed by atoms with Gasteiger partial charge in [-0.1, -0.05) is 72.3 Å². The number of hydrogen-bond donors (Lipinski definition) is 0. The van der Waals surface area contributed by atoms with Crippen molar-refractivity contribution in [1.82, 2.24) is 0 Å². The molecule has 0 fully saturated rings. The van der Waals surface area contributed by atoms with Crippen LogP contribution in [0.3, 0.4) is 0 Å². The van der Waals surface area contributed by atoms with Gasteiger partial charge in [-0.3, -0.25) is 0 Å². The smallest absolute Gasteiger partial charge is 0.141 e. The molecule has 0 heterocycles. The molecule has 120 valence electrons. The third kappa shape index (κ3) is 2.54. The molecule has 1 nitrogen and oxygen atoms in total. The number of fused-ring (bicyclic) bond motifs is 3. The van der Waals surface area contributed by atoms with Crippen LogP contribution in [0, 0.1) is 0 Å². The zero-order valence-electron chi connectivity index (χ0n) is 14.0. The lowest BCUT2D eigenvalue weighted by molar-refractivity contribution is -0.927. The van der Waals surface area contributed by atoms with E-state index in [2.05, 4.69) is 74.8 Å². The Hall–Kier alpha value is -2.09. The van der Waals surface area contributed by atoms with Crippen molar-refractivity contribution in [3.05, 3.63) is 94.5 Å². The molecule has 1 aliphatic rings. The Kier molecular flexibility index (Phi) is 3.71. The summed E-state index contributed by atoms with van der Waals surface area (Å²) in [5.41, 5.74) is 6.92. The maximum Gasteiger partial charge on any atom is 0.141 e. The highest BCUT2D eigenvalue weighted by Crippen LogP contribution is 2.48. The Morgan fingerprint density at radius 3 is 1.79 bits per heavy atom. The molecule has 3 aromatic carbocycles. The normalized spacial score (nSPS) is 13.6. The number of hydrogen-bond acceptors (Lipinski definition) is 0. The van der Waals surface area contributed by atoms with Gasteiger partial charge in [0.05, 0.1) is 14.1 Å². The van der Waals surface area contributed by atoms with Crippen LogP contribution in [0.25, 0.3) is 11.1 Å². The molecule has 1 aliphatic carbocycles. The van der Waals surface area contributed by atoms with Crippen molar-refractivity contribution in [3.8, 4) is 11.1 Å². The molecular weight excluding hydrogens is 314 g/mol. The summed E-state index contributed by atoms with van der Waals surface area (Å²) in [6.07, 6.45) is 0. The second kappa shape index (κ2) is 5.77. The average Bonchev–Trinajstić information content (AvgIpc) is 2.92. The van der Waals surface area contributed by atoms with Crippen molar-refractivity contribution in [2.45, 2.75) is 12.6 Å². The molecule has 0 bridgehead atoms. The van der Waals surface area contributed by atoms with Crippen molar-refractivity contribution in [1.29, 1.82) is 0 Å². The van der Waals surface area contributed by atoms with Gasteiger partial charge in [0, 0.05) is 21.7 Å². The number of halogens is 1. The zero-order chi connectivity index (χ0) is 16.7. The molecule has 0 N–H and O–H groups in total. The molecule has 0 unspecified atom stereocenters. The van der Waals surface area contributed by atoms with Crippen LogP contribution in [-0.2, 0) is 6.54 Å². The Bertz CT molecular complexity index is 835. The van der Waals surface area contributed by atoms with Gasteiger partial charge < -0.3 is 4.48 Å². The van der Waals surface area contributed by atoms with Crippen LogP contribution in [-0.4, -0.2) is 18.6 Å². The van der Waals surface area contributed by atoms with Crippen LogP contribution in [0.2, 0.25) is 5.02 Å².